The molecule has 2 atom stereocenters. The third-order valence-electron chi connectivity index (χ3n) is 3.36. The molecule has 2 aliphatic carbocycles. The summed E-state index contributed by atoms with van der Waals surface area (Å²) in [5.74, 6) is -1.25. The Balaban J connectivity index is 2.46. The second-order valence-corrected chi connectivity index (χ2v) is 5.01. The standard InChI is InChI=1S/C15H18N2O2/c1-9(2)14(18)12-8-10-6-4-5-7-11(10)13(15(12)19)17-16-3/h4-9,11-12,16H,1-3H3/b17-13-. The van der Waals surface area contributed by atoms with E-state index in [2.05, 4.69) is 10.5 Å². The lowest BCUT2D eigenvalue weighted by molar-refractivity contribution is -0.130. The average molecular weight is 258 g/mol. The zero-order chi connectivity index (χ0) is 14.0. The number of hydrazone groups is 1. The molecule has 0 amide bonds. The first-order chi connectivity index (χ1) is 9.06. The summed E-state index contributed by atoms with van der Waals surface area (Å²) in [6, 6.07) is 0. The molecule has 0 aromatic heterocycles. The molecule has 0 saturated heterocycles. The van der Waals surface area contributed by atoms with E-state index in [1.165, 1.54) is 0 Å². The van der Waals surface area contributed by atoms with Crippen LogP contribution in [0.4, 0.5) is 0 Å². The number of carbonyl (C=O) groups excluding carboxylic acids is 2. The van der Waals surface area contributed by atoms with Crippen LogP contribution in [0.3, 0.4) is 0 Å². The second-order valence-electron chi connectivity index (χ2n) is 5.01. The van der Waals surface area contributed by atoms with Gasteiger partial charge in [-0.2, -0.15) is 5.10 Å². The molecule has 100 valence electrons. The SMILES string of the molecule is CN/N=C1\C(=O)C(C(=O)C(C)C)C=C2C=CC=CC21. The van der Waals surface area contributed by atoms with Gasteiger partial charge < -0.3 is 5.43 Å². The minimum atomic E-state index is -0.700. The number of hydrogen-bond acceptors (Lipinski definition) is 4. The molecule has 4 nitrogen and oxygen atoms in total. The van der Waals surface area contributed by atoms with E-state index in [9.17, 15) is 9.59 Å². The number of hydrogen-bond donors (Lipinski definition) is 1. The van der Waals surface area contributed by atoms with E-state index < -0.39 is 5.92 Å². The van der Waals surface area contributed by atoms with Crippen LogP contribution in [0.5, 0.6) is 0 Å². The zero-order valence-electron chi connectivity index (χ0n) is 11.4. The molecule has 0 fully saturated rings. The van der Waals surface area contributed by atoms with Gasteiger partial charge in [0.05, 0.1) is 0 Å². The molecule has 0 spiro atoms. The Hall–Kier alpha value is -1.97. The van der Waals surface area contributed by atoms with Gasteiger partial charge in [-0.3, -0.25) is 9.59 Å². The fourth-order valence-electron chi connectivity index (χ4n) is 2.36. The van der Waals surface area contributed by atoms with Crippen molar-refractivity contribution in [2.45, 2.75) is 13.8 Å². The lowest BCUT2D eigenvalue weighted by Crippen LogP contribution is -2.40. The fourth-order valence-corrected chi connectivity index (χ4v) is 2.36. The first-order valence-electron chi connectivity index (χ1n) is 6.45. The largest absolute Gasteiger partial charge is 0.313 e. The van der Waals surface area contributed by atoms with Crippen LogP contribution in [-0.2, 0) is 9.59 Å². The number of fused-ring (bicyclic) bond motifs is 1. The molecule has 19 heavy (non-hydrogen) atoms. The third kappa shape index (κ3) is 2.43. The molecular formula is C15H18N2O2. The predicted octanol–water partition coefficient (Wildman–Crippen LogP) is 1.65. The summed E-state index contributed by atoms with van der Waals surface area (Å²) in [6.45, 7) is 3.62. The second kappa shape index (κ2) is 5.34. The molecule has 0 aliphatic heterocycles. The van der Waals surface area contributed by atoms with Crippen LogP contribution in [0.1, 0.15) is 13.8 Å². The highest BCUT2D eigenvalue weighted by Gasteiger charge is 2.38. The Morgan fingerprint density at radius 2 is 2.11 bits per heavy atom. The highest BCUT2D eigenvalue weighted by atomic mass is 16.2. The number of ketones is 2. The molecule has 0 saturated carbocycles. The number of allylic oxidation sites excluding steroid dienone is 6. The summed E-state index contributed by atoms with van der Waals surface area (Å²) in [6.07, 6.45) is 9.44. The van der Waals surface area contributed by atoms with Crippen molar-refractivity contribution < 1.29 is 9.59 Å². The highest BCUT2D eigenvalue weighted by Crippen LogP contribution is 2.30. The monoisotopic (exact) mass is 258 g/mol. The van der Waals surface area contributed by atoms with Gasteiger partial charge in [0.25, 0.3) is 0 Å². The Bertz CT molecular complexity index is 524. The lowest BCUT2D eigenvalue weighted by atomic mass is 9.75. The Morgan fingerprint density at radius 1 is 1.37 bits per heavy atom. The molecule has 0 bridgehead atoms. The smallest absolute Gasteiger partial charge is 0.194 e. The van der Waals surface area contributed by atoms with Crippen molar-refractivity contribution in [2.75, 3.05) is 7.05 Å². The minimum absolute atomic E-state index is 0.0530. The number of carbonyl (C=O) groups is 2. The minimum Gasteiger partial charge on any atom is -0.313 e. The van der Waals surface area contributed by atoms with E-state index in [1.807, 2.05) is 38.2 Å². The van der Waals surface area contributed by atoms with Crippen molar-refractivity contribution >= 4 is 17.3 Å². The molecule has 2 rings (SSSR count). The Morgan fingerprint density at radius 3 is 2.74 bits per heavy atom. The van der Waals surface area contributed by atoms with Crippen molar-refractivity contribution in [1.29, 1.82) is 0 Å². The number of Topliss-reactive ketones (excluding diaryl/α,β-unsaturated/α-hetero) is 2. The Labute approximate surface area is 113 Å². The highest BCUT2D eigenvalue weighted by molar-refractivity contribution is 6.46. The van der Waals surface area contributed by atoms with Gasteiger partial charge in [0.1, 0.15) is 17.4 Å². The van der Waals surface area contributed by atoms with Gasteiger partial charge in [-0.25, -0.2) is 0 Å². The molecule has 1 N–H and O–H groups in total. The third-order valence-corrected chi connectivity index (χ3v) is 3.36. The molecular weight excluding hydrogens is 240 g/mol. The molecule has 4 heteroatoms. The summed E-state index contributed by atoms with van der Waals surface area (Å²) in [7, 11) is 1.65. The fraction of sp³-hybridized carbons (Fsp3) is 0.400. The van der Waals surface area contributed by atoms with Gasteiger partial charge >= 0.3 is 0 Å². The summed E-state index contributed by atoms with van der Waals surface area (Å²) >= 11 is 0. The molecule has 0 heterocycles. The van der Waals surface area contributed by atoms with Crippen molar-refractivity contribution in [3.05, 3.63) is 36.0 Å². The summed E-state index contributed by atoms with van der Waals surface area (Å²) < 4.78 is 0. The average Bonchev–Trinajstić information content (AvgIpc) is 2.41. The van der Waals surface area contributed by atoms with Crippen molar-refractivity contribution in [3.63, 3.8) is 0 Å². The predicted molar refractivity (Wildman–Crippen MR) is 74.7 cm³/mol. The van der Waals surface area contributed by atoms with Crippen LogP contribution in [-0.4, -0.2) is 24.3 Å². The molecule has 0 radical (unpaired) electrons. The quantitative estimate of drug-likeness (QED) is 0.618. The lowest BCUT2D eigenvalue weighted by Gasteiger charge is -2.27. The van der Waals surface area contributed by atoms with Gasteiger partial charge in [-0.1, -0.05) is 44.2 Å². The molecule has 2 aliphatic rings. The zero-order valence-corrected chi connectivity index (χ0v) is 11.4. The molecule has 0 aromatic rings. The molecule has 2 unspecified atom stereocenters. The van der Waals surface area contributed by atoms with E-state index in [0.717, 1.165) is 5.57 Å². The maximum absolute atomic E-state index is 12.4. The van der Waals surface area contributed by atoms with Crippen molar-refractivity contribution in [2.24, 2.45) is 22.9 Å². The van der Waals surface area contributed by atoms with Gasteiger partial charge in [-0.15, -0.1) is 0 Å². The van der Waals surface area contributed by atoms with E-state index in [-0.39, 0.29) is 23.4 Å². The topological polar surface area (TPSA) is 58.5 Å². The van der Waals surface area contributed by atoms with Crippen LogP contribution >= 0.6 is 0 Å². The van der Waals surface area contributed by atoms with Gasteiger partial charge in [0.15, 0.2) is 5.78 Å². The summed E-state index contributed by atoms with van der Waals surface area (Å²) in [4.78, 5) is 24.6. The summed E-state index contributed by atoms with van der Waals surface area (Å²) in [5, 5.41) is 4.08. The maximum atomic E-state index is 12.4. The van der Waals surface area contributed by atoms with Crippen LogP contribution in [0.2, 0.25) is 0 Å². The van der Waals surface area contributed by atoms with Gasteiger partial charge in [0.2, 0.25) is 0 Å². The van der Waals surface area contributed by atoms with Crippen LogP contribution in [0.25, 0.3) is 0 Å². The van der Waals surface area contributed by atoms with Gasteiger partial charge in [0, 0.05) is 18.9 Å². The first kappa shape index (κ1) is 13.5. The van der Waals surface area contributed by atoms with Crippen molar-refractivity contribution in [1.82, 2.24) is 5.43 Å². The van der Waals surface area contributed by atoms with E-state index in [1.54, 1.807) is 13.1 Å². The van der Waals surface area contributed by atoms with E-state index in [4.69, 9.17) is 0 Å². The molecule has 0 aromatic carbocycles. The van der Waals surface area contributed by atoms with E-state index >= 15 is 0 Å². The number of nitrogens with zero attached hydrogens (tertiary/aromatic N) is 1. The number of rotatable bonds is 3. The van der Waals surface area contributed by atoms with Crippen LogP contribution in [0.15, 0.2) is 41.1 Å². The van der Waals surface area contributed by atoms with Crippen molar-refractivity contribution in [3.8, 4) is 0 Å². The first-order valence-corrected chi connectivity index (χ1v) is 6.45. The van der Waals surface area contributed by atoms with Crippen LogP contribution < -0.4 is 5.43 Å². The van der Waals surface area contributed by atoms with E-state index in [0.29, 0.717) is 5.71 Å². The normalized spacial score (nSPS) is 27.5. The maximum Gasteiger partial charge on any atom is 0.194 e. The Kier molecular flexibility index (Phi) is 3.79. The summed E-state index contributed by atoms with van der Waals surface area (Å²) in [5.41, 5.74) is 4.04. The van der Waals surface area contributed by atoms with Gasteiger partial charge in [-0.05, 0) is 5.57 Å². The number of nitrogens with one attached hydrogen (secondary N) is 1. The van der Waals surface area contributed by atoms with Crippen LogP contribution in [0, 0.1) is 17.8 Å².